The Morgan fingerprint density at radius 3 is 2.58 bits per heavy atom. The highest BCUT2D eigenvalue weighted by Crippen LogP contribution is 2.15. The summed E-state index contributed by atoms with van der Waals surface area (Å²) in [5.74, 6) is 0.335. The number of rotatable bonds is 4. The zero-order chi connectivity index (χ0) is 13.8. The summed E-state index contributed by atoms with van der Waals surface area (Å²) in [6.45, 7) is 11.2. The van der Waals surface area contributed by atoms with Crippen molar-refractivity contribution in [3.05, 3.63) is 34.9 Å². The predicted octanol–water partition coefficient (Wildman–Crippen LogP) is 2.03. The summed E-state index contributed by atoms with van der Waals surface area (Å²) in [5.41, 5.74) is 3.29. The maximum absolute atomic E-state index is 12.4. The van der Waals surface area contributed by atoms with Crippen LogP contribution in [0.5, 0.6) is 0 Å². The largest absolute Gasteiger partial charge is 0.314 e. The third-order valence-electron chi connectivity index (χ3n) is 3.98. The number of carbonyl (C=O) groups is 1. The Bertz CT molecular complexity index is 450. The van der Waals surface area contributed by atoms with Crippen molar-refractivity contribution in [2.24, 2.45) is 5.92 Å². The summed E-state index contributed by atoms with van der Waals surface area (Å²) in [4.78, 5) is 14.8. The highest BCUT2D eigenvalue weighted by atomic mass is 16.1. The minimum atomic E-state index is 0.0696. The lowest BCUT2D eigenvalue weighted by Gasteiger charge is -2.29. The van der Waals surface area contributed by atoms with E-state index in [4.69, 9.17) is 0 Å². The normalized spacial score (nSPS) is 18.3. The van der Waals surface area contributed by atoms with E-state index in [-0.39, 0.29) is 11.7 Å². The van der Waals surface area contributed by atoms with Crippen LogP contribution in [0.25, 0.3) is 0 Å². The SMILES string of the molecule is Cc1ccc(C(=O)C(C)CN2CCNCC2)cc1C. The van der Waals surface area contributed by atoms with Gasteiger partial charge in [-0.05, 0) is 31.0 Å². The van der Waals surface area contributed by atoms with E-state index in [0.29, 0.717) is 0 Å². The Balaban J connectivity index is 1.99. The monoisotopic (exact) mass is 260 g/mol. The molecule has 3 heteroatoms. The number of nitrogens with one attached hydrogen (secondary N) is 1. The van der Waals surface area contributed by atoms with Crippen LogP contribution < -0.4 is 5.32 Å². The molecule has 0 aromatic heterocycles. The summed E-state index contributed by atoms with van der Waals surface area (Å²) in [7, 11) is 0. The molecule has 1 heterocycles. The molecule has 1 atom stereocenters. The quantitative estimate of drug-likeness (QED) is 0.841. The van der Waals surface area contributed by atoms with E-state index in [9.17, 15) is 4.79 Å². The van der Waals surface area contributed by atoms with Crippen LogP contribution >= 0.6 is 0 Å². The molecular formula is C16H24N2O. The van der Waals surface area contributed by atoms with E-state index in [0.717, 1.165) is 38.3 Å². The molecular weight excluding hydrogens is 236 g/mol. The van der Waals surface area contributed by atoms with Crippen LogP contribution in [0.3, 0.4) is 0 Å². The molecule has 0 saturated carbocycles. The smallest absolute Gasteiger partial charge is 0.166 e. The second kappa shape index (κ2) is 6.31. The molecule has 1 aliphatic heterocycles. The first-order valence-electron chi connectivity index (χ1n) is 7.12. The molecule has 1 saturated heterocycles. The Morgan fingerprint density at radius 1 is 1.26 bits per heavy atom. The highest BCUT2D eigenvalue weighted by Gasteiger charge is 2.20. The lowest BCUT2D eigenvalue weighted by Crippen LogP contribution is -2.45. The van der Waals surface area contributed by atoms with Gasteiger partial charge in [0.15, 0.2) is 5.78 Å². The van der Waals surface area contributed by atoms with Crippen molar-refractivity contribution in [2.75, 3.05) is 32.7 Å². The van der Waals surface area contributed by atoms with E-state index in [1.165, 1.54) is 11.1 Å². The van der Waals surface area contributed by atoms with Crippen LogP contribution in [0.2, 0.25) is 0 Å². The highest BCUT2D eigenvalue weighted by molar-refractivity contribution is 5.98. The molecule has 104 valence electrons. The first-order valence-corrected chi connectivity index (χ1v) is 7.12. The van der Waals surface area contributed by atoms with Crippen molar-refractivity contribution in [1.82, 2.24) is 10.2 Å². The number of carbonyl (C=O) groups excluding carboxylic acids is 1. The molecule has 0 aliphatic carbocycles. The second-order valence-electron chi connectivity index (χ2n) is 5.61. The molecule has 19 heavy (non-hydrogen) atoms. The lowest BCUT2D eigenvalue weighted by atomic mass is 9.96. The van der Waals surface area contributed by atoms with Crippen LogP contribution in [0.4, 0.5) is 0 Å². The van der Waals surface area contributed by atoms with Crippen LogP contribution in [0.1, 0.15) is 28.4 Å². The molecule has 0 spiro atoms. The van der Waals surface area contributed by atoms with E-state index in [2.05, 4.69) is 24.1 Å². The summed E-state index contributed by atoms with van der Waals surface area (Å²) >= 11 is 0. The van der Waals surface area contributed by atoms with Gasteiger partial charge in [-0.1, -0.05) is 19.1 Å². The third-order valence-corrected chi connectivity index (χ3v) is 3.98. The van der Waals surface area contributed by atoms with Crippen LogP contribution in [0.15, 0.2) is 18.2 Å². The van der Waals surface area contributed by atoms with Crippen molar-refractivity contribution < 1.29 is 4.79 Å². The molecule has 1 aromatic carbocycles. The lowest BCUT2D eigenvalue weighted by molar-refractivity contribution is 0.0887. The van der Waals surface area contributed by atoms with Gasteiger partial charge >= 0.3 is 0 Å². The number of Topliss-reactive ketones (excluding diaryl/α,β-unsaturated/α-hetero) is 1. The van der Waals surface area contributed by atoms with Crippen molar-refractivity contribution >= 4 is 5.78 Å². The summed E-state index contributed by atoms with van der Waals surface area (Å²) in [6.07, 6.45) is 0. The van der Waals surface area contributed by atoms with Gasteiger partial charge in [-0.3, -0.25) is 4.79 Å². The molecule has 1 aliphatic rings. The average Bonchev–Trinajstić information content (AvgIpc) is 2.42. The van der Waals surface area contributed by atoms with E-state index in [1.54, 1.807) is 0 Å². The fraction of sp³-hybridized carbons (Fsp3) is 0.562. The van der Waals surface area contributed by atoms with Gasteiger partial charge < -0.3 is 10.2 Å². The van der Waals surface area contributed by atoms with Gasteiger partial charge in [0.2, 0.25) is 0 Å². The van der Waals surface area contributed by atoms with Crippen molar-refractivity contribution in [3.8, 4) is 0 Å². The van der Waals surface area contributed by atoms with Crippen molar-refractivity contribution in [2.45, 2.75) is 20.8 Å². The number of hydrogen-bond donors (Lipinski definition) is 1. The number of piperazine rings is 1. The van der Waals surface area contributed by atoms with Gasteiger partial charge in [-0.25, -0.2) is 0 Å². The molecule has 1 aromatic rings. The van der Waals surface area contributed by atoms with Crippen molar-refractivity contribution in [1.29, 1.82) is 0 Å². The first kappa shape index (κ1) is 14.2. The van der Waals surface area contributed by atoms with Gasteiger partial charge in [0.25, 0.3) is 0 Å². The molecule has 0 amide bonds. The topological polar surface area (TPSA) is 32.3 Å². The standard InChI is InChI=1S/C16H24N2O/c1-12-4-5-15(10-13(12)2)16(19)14(3)11-18-8-6-17-7-9-18/h4-5,10,14,17H,6-9,11H2,1-3H3. The van der Waals surface area contributed by atoms with Crippen molar-refractivity contribution in [3.63, 3.8) is 0 Å². The van der Waals surface area contributed by atoms with Gasteiger partial charge in [-0.15, -0.1) is 0 Å². The fourth-order valence-electron chi connectivity index (χ4n) is 2.54. The Hall–Kier alpha value is -1.19. The summed E-state index contributed by atoms with van der Waals surface area (Å²) < 4.78 is 0. The first-order chi connectivity index (χ1) is 9.08. The Kier molecular flexibility index (Phi) is 4.72. The summed E-state index contributed by atoms with van der Waals surface area (Å²) in [6, 6.07) is 6.02. The maximum atomic E-state index is 12.4. The molecule has 0 bridgehead atoms. The number of ketones is 1. The molecule has 2 rings (SSSR count). The molecule has 1 N–H and O–H groups in total. The average molecular weight is 260 g/mol. The third kappa shape index (κ3) is 3.64. The zero-order valence-electron chi connectivity index (χ0n) is 12.2. The molecule has 3 nitrogen and oxygen atoms in total. The van der Waals surface area contributed by atoms with Crippen LogP contribution in [-0.2, 0) is 0 Å². The van der Waals surface area contributed by atoms with Gasteiger partial charge in [0.1, 0.15) is 0 Å². The van der Waals surface area contributed by atoms with Gasteiger partial charge in [-0.2, -0.15) is 0 Å². The van der Waals surface area contributed by atoms with E-state index < -0.39 is 0 Å². The number of hydrogen-bond acceptors (Lipinski definition) is 3. The number of nitrogens with zero attached hydrogens (tertiary/aromatic N) is 1. The minimum Gasteiger partial charge on any atom is -0.314 e. The molecule has 1 fully saturated rings. The van der Waals surface area contributed by atoms with Gasteiger partial charge in [0.05, 0.1) is 0 Å². The maximum Gasteiger partial charge on any atom is 0.166 e. The zero-order valence-corrected chi connectivity index (χ0v) is 12.2. The van der Waals surface area contributed by atoms with E-state index >= 15 is 0 Å². The second-order valence-corrected chi connectivity index (χ2v) is 5.61. The Labute approximate surface area is 116 Å². The molecule has 0 radical (unpaired) electrons. The van der Waals surface area contributed by atoms with E-state index in [1.807, 2.05) is 25.1 Å². The molecule has 1 unspecified atom stereocenters. The predicted molar refractivity (Wildman–Crippen MR) is 78.7 cm³/mol. The fourth-order valence-corrected chi connectivity index (χ4v) is 2.54. The summed E-state index contributed by atoms with van der Waals surface area (Å²) in [5, 5.41) is 3.34. The van der Waals surface area contributed by atoms with Crippen LogP contribution in [-0.4, -0.2) is 43.4 Å². The Morgan fingerprint density at radius 2 is 1.95 bits per heavy atom. The van der Waals surface area contributed by atoms with Gasteiger partial charge in [0, 0.05) is 44.2 Å². The van der Waals surface area contributed by atoms with Crippen LogP contribution in [0, 0.1) is 19.8 Å². The number of aryl methyl sites for hydroxylation is 2. The number of benzene rings is 1. The minimum absolute atomic E-state index is 0.0696.